The number of rotatable bonds is 6. The van der Waals surface area contributed by atoms with Gasteiger partial charge in [0.2, 0.25) is 5.91 Å². The normalized spacial score (nSPS) is 12.8. The maximum absolute atomic E-state index is 12.5. The van der Waals surface area contributed by atoms with Crippen molar-refractivity contribution in [2.24, 2.45) is 7.05 Å². The lowest BCUT2D eigenvalue weighted by atomic mass is 10.1. The van der Waals surface area contributed by atoms with Crippen LogP contribution in [0.4, 0.5) is 5.00 Å². The van der Waals surface area contributed by atoms with Gasteiger partial charge in [-0.1, -0.05) is 23.4 Å². The third kappa shape index (κ3) is 3.62. The molecule has 0 spiro atoms. The van der Waals surface area contributed by atoms with Gasteiger partial charge >= 0.3 is 0 Å². The van der Waals surface area contributed by atoms with Gasteiger partial charge in [-0.15, -0.1) is 21.5 Å². The highest BCUT2D eigenvalue weighted by atomic mass is 35.5. The fourth-order valence-electron chi connectivity index (χ4n) is 3.48. The van der Waals surface area contributed by atoms with E-state index in [-0.39, 0.29) is 11.7 Å². The number of fused-ring (bicyclic) bond motifs is 1. The van der Waals surface area contributed by atoms with Crippen LogP contribution >= 0.6 is 34.7 Å². The summed E-state index contributed by atoms with van der Waals surface area (Å²) in [6.07, 6.45) is 2.98. The Labute approximate surface area is 187 Å². The molecule has 0 fully saturated rings. The molecule has 0 bridgehead atoms. The van der Waals surface area contributed by atoms with Crippen LogP contribution in [0.15, 0.2) is 5.16 Å². The fourth-order valence-corrected chi connectivity index (χ4v) is 5.79. The fraction of sp³-hybridized carbons (Fsp3) is 0.421. The van der Waals surface area contributed by atoms with Crippen molar-refractivity contribution in [2.45, 2.75) is 44.8 Å². The predicted octanol–water partition coefficient (Wildman–Crippen LogP) is 3.81. The van der Waals surface area contributed by atoms with Gasteiger partial charge < -0.3 is 9.88 Å². The first-order valence-corrected chi connectivity index (χ1v) is 11.7. The molecule has 11 heteroatoms. The topological polar surface area (TPSA) is 101 Å². The number of thioether (sulfide) groups is 1. The van der Waals surface area contributed by atoms with E-state index in [9.17, 15) is 10.1 Å². The van der Waals surface area contributed by atoms with Crippen LogP contribution in [0.3, 0.4) is 0 Å². The summed E-state index contributed by atoms with van der Waals surface area (Å²) in [5.41, 5.74) is 3.14. The average Bonchev–Trinajstić information content (AvgIpc) is 3.46. The summed E-state index contributed by atoms with van der Waals surface area (Å²) in [6, 6.07) is 2.25. The summed E-state index contributed by atoms with van der Waals surface area (Å²) in [6.45, 7) is 4.49. The Morgan fingerprint density at radius 2 is 2.20 bits per heavy atom. The molecule has 0 aliphatic heterocycles. The van der Waals surface area contributed by atoms with Crippen LogP contribution in [-0.4, -0.2) is 36.2 Å². The van der Waals surface area contributed by atoms with E-state index < -0.39 is 0 Å². The highest BCUT2D eigenvalue weighted by Crippen LogP contribution is 2.38. The Balaban J connectivity index is 1.48. The third-order valence-electron chi connectivity index (χ3n) is 5.12. The number of anilines is 1. The van der Waals surface area contributed by atoms with Gasteiger partial charge in [0.05, 0.1) is 22.0 Å². The molecular formula is C19H20ClN7OS2. The average molecular weight is 462 g/mol. The Bertz CT molecular complexity index is 1170. The first-order chi connectivity index (χ1) is 14.4. The second kappa shape index (κ2) is 8.41. The molecule has 0 saturated carbocycles. The quantitative estimate of drug-likeness (QED) is 0.560. The molecule has 3 aromatic heterocycles. The van der Waals surface area contributed by atoms with Gasteiger partial charge in [0.25, 0.3) is 0 Å². The minimum atomic E-state index is -0.171. The molecule has 1 amide bonds. The monoisotopic (exact) mass is 461 g/mol. The van der Waals surface area contributed by atoms with E-state index in [1.54, 1.807) is 4.68 Å². The zero-order valence-electron chi connectivity index (χ0n) is 16.8. The zero-order chi connectivity index (χ0) is 21.4. The van der Waals surface area contributed by atoms with Crippen LogP contribution < -0.4 is 5.32 Å². The molecule has 1 aliphatic carbocycles. The van der Waals surface area contributed by atoms with Gasteiger partial charge in [-0.05, 0) is 38.7 Å². The molecule has 0 saturated heterocycles. The Morgan fingerprint density at radius 3 is 2.87 bits per heavy atom. The molecule has 8 nitrogen and oxygen atoms in total. The van der Waals surface area contributed by atoms with E-state index in [0.29, 0.717) is 38.8 Å². The number of nitriles is 1. The molecular weight excluding hydrogens is 442 g/mol. The van der Waals surface area contributed by atoms with Crippen LogP contribution in [0, 0.1) is 18.3 Å². The Kier molecular flexibility index (Phi) is 5.86. The van der Waals surface area contributed by atoms with Crippen molar-refractivity contribution in [3.05, 3.63) is 26.7 Å². The number of aryl methyl sites for hydroxylation is 2. The summed E-state index contributed by atoms with van der Waals surface area (Å²) in [4.78, 5) is 13.7. The number of thiophene rings is 1. The molecule has 3 heterocycles. The number of nitrogens with zero attached hydrogens (tertiary/aromatic N) is 6. The van der Waals surface area contributed by atoms with E-state index in [4.69, 9.17) is 11.6 Å². The van der Waals surface area contributed by atoms with E-state index in [2.05, 4.69) is 26.7 Å². The molecule has 1 N–H and O–H groups in total. The second-order valence-corrected chi connectivity index (χ2v) is 9.36. The number of amides is 1. The molecule has 4 rings (SSSR count). The van der Waals surface area contributed by atoms with Gasteiger partial charge in [-0.3, -0.25) is 9.48 Å². The van der Waals surface area contributed by atoms with Crippen LogP contribution in [0.2, 0.25) is 5.02 Å². The number of hydrogen-bond donors (Lipinski definition) is 1. The zero-order valence-corrected chi connectivity index (χ0v) is 19.2. The van der Waals surface area contributed by atoms with Gasteiger partial charge in [0, 0.05) is 18.5 Å². The lowest BCUT2D eigenvalue weighted by Gasteiger charge is -2.07. The van der Waals surface area contributed by atoms with Crippen LogP contribution in [-0.2, 0) is 31.2 Å². The number of nitrogens with one attached hydrogen (secondary N) is 1. The molecule has 0 unspecified atom stereocenters. The lowest BCUT2D eigenvalue weighted by Crippen LogP contribution is -2.14. The number of aromatic nitrogens is 5. The predicted molar refractivity (Wildman–Crippen MR) is 118 cm³/mol. The van der Waals surface area contributed by atoms with Crippen molar-refractivity contribution < 1.29 is 4.79 Å². The van der Waals surface area contributed by atoms with Crippen molar-refractivity contribution in [2.75, 3.05) is 11.1 Å². The Hall–Kier alpha value is -2.35. The van der Waals surface area contributed by atoms with Crippen molar-refractivity contribution in [3.8, 4) is 17.6 Å². The van der Waals surface area contributed by atoms with Crippen molar-refractivity contribution >= 4 is 45.6 Å². The van der Waals surface area contributed by atoms with Gasteiger partial charge in [-0.2, -0.15) is 10.4 Å². The smallest absolute Gasteiger partial charge is 0.235 e. The van der Waals surface area contributed by atoms with E-state index >= 15 is 0 Å². The lowest BCUT2D eigenvalue weighted by molar-refractivity contribution is -0.113. The molecule has 156 valence electrons. The number of hydrogen-bond acceptors (Lipinski definition) is 7. The van der Waals surface area contributed by atoms with E-state index in [0.717, 1.165) is 30.5 Å². The molecule has 30 heavy (non-hydrogen) atoms. The van der Waals surface area contributed by atoms with Crippen molar-refractivity contribution in [1.82, 2.24) is 24.5 Å². The van der Waals surface area contributed by atoms with Crippen LogP contribution in [0.1, 0.15) is 35.0 Å². The minimum Gasteiger partial charge on any atom is -0.316 e. The summed E-state index contributed by atoms with van der Waals surface area (Å²) < 4.78 is 3.60. The van der Waals surface area contributed by atoms with Crippen molar-refractivity contribution in [3.63, 3.8) is 0 Å². The summed E-state index contributed by atoms with van der Waals surface area (Å²) in [7, 11) is 1.83. The number of carbonyl (C=O) groups is 1. The van der Waals surface area contributed by atoms with Gasteiger partial charge in [0.1, 0.15) is 16.8 Å². The summed E-state index contributed by atoms with van der Waals surface area (Å²) in [5, 5.41) is 27.1. The molecule has 0 radical (unpaired) electrons. The van der Waals surface area contributed by atoms with Crippen LogP contribution in [0.5, 0.6) is 0 Å². The molecule has 0 atom stereocenters. The van der Waals surface area contributed by atoms with Crippen LogP contribution in [0.25, 0.3) is 11.5 Å². The second-order valence-electron chi connectivity index (χ2n) is 6.93. The first-order valence-electron chi connectivity index (χ1n) is 9.54. The third-order valence-corrected chi connectivity index (χ3v) is 7.75. The number of halogens is 1. The van der Waals surface area contributed by atoms with Gasteiger partial charge in [-0.25, -0.2) is 0 Å². The largest absolute Gasteiger partial charge is 0.316 e. The summed E-state index contributed by atoms with van der Waals surface area (Å²) in [5.74, 6) is 0.575. The Morgan fingerprint density at radius 1 is 1.40 bits per heavy atom. The highest BCUT2D eigenvalue weighted by molar-refractivity contribution is 7.99. The van der Waals surface area contributed by atoms with Gasteiger partial charge in [0.15, 0.2) is 11.0 Å². The standard InChI is InChI=1S/C19H20ClN7OS2/c1-4-27-17(16-15(20)10(2)26(3)25-16)23-24-19(27)29-9-14(28)22-18-12(8-21)11-6-5-7-13(11)30-18/h4-7,9H2,1-3H3,(H,22,28). The first kappa shape index (κ1) is 20.9. The minimum absolute atomic E-state index is 0.167. The summed E-state index contributed by atoms with van der Waals surface area (Å²) >= 11 is 9.22. The molecule has 3 aromatic rings. The SMILES string of the molecule is CCn1c(SCC(=O)Nc2sc3c(c2C#N)CCC3)nnc1-c1nn(C)c(C)c1Cl. The maximum Gasteiger partial charge on any atom is 0.235 e. The van der Waals surface area contributed by atoms with Crippen molar-refractivity contribution in [1.29, 1.82) is 5.26 Å². The molecule has 1 aliphatic rings. The van der Waals surface area contributed by atoms with E-state index in [1.807, 2.05) is 25.5 Å². The van der Waals surface area contributed by atoms with E-state index in [1.165, 1.54) is 28.0 Å². The maximum atomic E-state index is 12.5. The number of carbonyl (C=O) groups excluding carboxylic acids is 1. The highest BCUT2D eigenvalue weighted by Gasteiger charge is 2.24. The molecule has 0 aromatic carbocycles.